The number of likely N-dealkylation sites (tertiary alicyclic amines) is 1. The highest BCUT2D eigenvalue weighted by atomic mass is 16.4. The second-order valence-corrected chi connectivity index (χ2v) is 11.7. The molecule has 1 aliphatic heterocycles. The maximum atomic E-state index is 14.1. The second kappa shape index (κ2) is 13.3. The van der Waals surface area contributed by atoms with E-state index in [1.807, 2.05) is 68.6 Å². The summed E-state index contributed by atoms with van der Waals surface area (Å²) in [5.74, 6) is -2.61. The van der Waals surface area contributed by atoms with Crippen LogP contribution in [0.2, 0.25) is 0 Å². The van der Waals surface area contributed by atoms with Gasteiger partial charge in [-0.25, -0.2) is 4.79 Å². The lowest BCUT2D eigenvalue weighted by atomic mass is 9.98. The number of carbonyl (C=O) groups is 4. The Balaban J connectivity index is 1.35. The van der Waals surface area contributed by atoms with Crippen molar-refractivity contribution in [3.8, 4) is 0 Å². The first kappa shape index (κ1) is 30.8. The zero-order valence-corrected chi connectivity index (χ0v) is 25.0. The molecule has 2 aromatic heterocycles. The van der Waals surface area contributed by atoms with Gasteiger partial charge < -0.3 is 36.3 Å². The van der Waals surface area contributed by atoms with E-state index in [9.17, 15) is 24.3 Å². The van der Waals surface area contributed by atoms with E-state index in [0.29, 0.717) is 25.8 Å². The number of nitrogens with one attached hydrogen (secondary N) is 4. The molecule has 5 unspecified atom stereocenters. The van der Waals surface area contributed by atoms with Crippen LogP contribution >= 0.6 is 0 Å². The summed E-state index contributed by atoms with van der Waals surface area (Å²) < 4.78 is 0. The van der Waals surface area contributed by atoms with Crippen LogP contribution < -0.4 is 16.4 Å². The van der Waals surface area contributed by atoms with Gasteiger partial charge in [-0.1, -0.05) is 56.7 Å². The van der Waals surface area contributed by atoms with Gasteiger partial charge in [-0.15, -0.1) is 0 Å². The maximum Gasteiger partial charge on any atom is 0.326 e. The van der Waals surface area contributed by atoms with Crippen LogP contribution in [0.25, 0.3) is 21.8 Å². The number of H-pyrrole nitrogens is 2. The summed E-state index contributed by atoms with van der Waals surface area (Å²) in [5, 5.41) is 17.4. The first-order valence-electron chi connectivity index (χ1n) is 15.2. The summed E-state index contributed by atoms with van der Waals surface area (Å²) in [5.41, 5.74) is 9.62. The number of hydrogen-bond acceptors (Lipinski definition) is 5. The number of aliphatic carboxylic acids is 1. The summed E-state index contributed by atoms with van der Waals surface area (Å²) in [6.07, 6.45) is 5.51. The number of aromatic nitrogens is 2. The normalized spacial score (nSPS) is 17.7. The van der Waals surface area contributed by atoms with E-state index in [0.717, 1.165) is 32.9 Å². The first-order chi connectivity index (χ1) is 21.2. The standard InChI is InChI=1S/C33H40N6O5/c1-3-19(2)29(34)31(41)37-26(15-20-17-35-24-11-6-4-9-22(20)24)32(42)39-14-8-13-28(39)30(40)38-27(33(43)44)16-21-18-36-25-12-7-5-10-23(21)25/h4-7,9-12,17-19,26-29,35-36H,3,8,13-16,34H2,1-2H3,(H,37,41)(H,38,40)(H,43,44). The molecule has 4 aromatic rings. The van der Waals surface area contributed by atoms with Gasteiger partial charge in [0.25, 0.3) is 0 Å². The van der Waals surface area contributed by atoms with Crippen molar-refractivity contribution in [3.63, 3.8) is 0 Å². The summed E-state index contributed by atoms with van der Waals surface area (Å²) in [7, 11) is 0. The van der Waals surface area contributed by atoms with Crippen LogP contribution in [0.4, 0.5) is 0 Å². The summed E-state index contributed by atoms with van der Waals surface area (Å²) >= 11 is 0. The van der Waals surface area contributed by atoms with Gasteiger partial charge >= 0.3 is 5.97 Å². The van der Waals surface area contributed by atoms with Crippen molar-refractivity contribution in [3.05, 3.63) is 72.1 Å². The average molecular weight is 601 g/mol. The Morgan fingerprint density at radius 2 is 1.50 bits per heavy atom. The fraction of sp³-hybridized carbons (Fsp3) is 0.394. The minimum Gasteiger partial charge on any atom is -0.480 e. The lowest BCUT2D eigenvalue weighted by Crippen LogP contribution is -2.58. The van der Waals surface area contributed by atoms with Crippen LogP contribution in [0.15, 0.2) is 60.9 Å². The molecule has 3 heterocycles. The molecule has 0 radical (unpaired) electrons. The number of nitrogens with zero attached hydrogens (tertiary/aromatic N) is 1. The third kappa shape index (κ3) is 6.47. The van der Waals surface area contributed by atoms with E-state index in [4.69, 9.17) is 5.73 Å². The van der Waals surface area contributed by atoms with Crippen LogP contribution in [-0.2, 0) is 32.0 Å². The number of para-hydroxylation sites is 2. The molecule has 7 N–H and O–H groups in total. The molecule has 232 valence electrons. The number of carbonyl (C=O) groups excluding carboxylic acids is 3. The number of aromatic amines is 2. The largest absolute Gasteiger partial charge is 0.480 e. The van der Waals surface area contributed by atoms with E-state index in [1.165, 1.54) is 4.90 Å². The van der Waals surface area contributed by atoms with E-state index >= 15 is 0 Å². The average Bonchev–Trinajstić information content (AvgIpc) is 3.78. The lowest BCUT2D eigenvalue weighted by Gasteiger charge is -2.30. The highest BCUT2D eigenvalue weighted by Gasteiger charge is 2.39. The number of fused-ring (bicyclic) bond motifs is 2. The molecule has 5 rings (SSSR count). The number of nitrogens with two attached hydrogens (primary N) is 1. The fourth-order valence-electron chi connectivity index (χ4n) is 5.99. The van der Waals surface area contributed by atoms with Crippen LogP contribution in [0.3, 0.4) is 0 Å². The monoisotopic (exact) mass is 600 g/mol. The number of benzene rings is 2. The minimum absolute atomic E-state index is 0.0818. The Bertz CT molecular complexity index is 1660. The van der Waals surface area contributed by atoms with E-state index in [2.05, 4.69) is 20.6 Å². The van der Waals surface area contributed by atoms with Gasteiger partial charge in [0.2, 0.25) is 17.7 Å². The third-order valence-corrected chi connectivity index (χ3v) is 8.83. The molecule has 0 spiro atoms. The quantitative estimate of drug-likeness (QED) is 0.146. The van der Waals surface area contributed by atoms with Crippen LogP contribution in [-0.4, -0.2) is 74.4 Å². The van der Waals surface area contributed by atoms with Gasteiger partial charge in [0.1, 0.15) is 18.1 Å². The Morgan fingerprint density at radius 3 is 2.07 bits per heavy atom. The summed E-state index contributed by atoms with van der Waals surface area (Å²) in [6.45, 7) is 4.15. The van der Waals surface area contributed by atoms with Crippen molar-refractivity contribution in [1.29, 1.82) is 0 Å². The molecular weight excluding hydrogens is 560 g/mol. The molecule has 2 aromatic carbocycles. The van der Waals surface area contributed by atoms with Crippen LogP contribution in [0.1, 0.15) is 44.2 Å². The van der Waals surface area contributed by atoms with E-state index in [1.54, 1.807) is 6.20 Å². The number of carboxylic acid groups (broad SMARTS) is 1. The van der Waals surface area contributed by atoms with Crippen molar-refractivity contribution < 1.29 is 24.3 Å². The molecule has 0 saturated carbocycles. The van der Waals surface area contributed by atoms with Crippen LogP contribution in [0, 0.1) is 5.92 Å². The predicted octanol–water partition coefficient (Wildman–Crippen LogP) is 2.85. The van der Waals surface area contributed by atoms with Gasteiger partial charge in [0.05, 0.1) is 6.04 Å². The number of rotatable bonds is 12. The summed E-state index contributed by atoms with van der Waals surface area (Å²) in [6, 6.07) is 11.4. The predicted molar refractivity (Wildman–Crippen MR) is 168 cm³/mol. The van der Waals surface area contributed by atoms with Crippen molar-refractivity contribution in [2.24, 2.45) is 11.7 Å². The van der Waals surface area contributed by atoms with Crippen molar-refractivity contribution in [1.82, 2.24) is 25.5 Å². The fourth-order valence-corrected chi connectivity index (χ4v) is 5.99. The van der Waals surface area contributed by atoms with Gasteiger partial charge in [0.15, 0.2) is 0 Å². The van der Waals surface area contributed by atoms with Gasteiger partial charge in [0, 0.05) is 53.6 Å². The van der Waals surface area contributed by atoms with Crippen molar-refractivity contribution in [2.45, 2.75) is 70.1 Å². The first-order valence-corrected chi connectivity index (χ1v) is 15.2. The lowest BCUT2D eigenvalue weighted by molar-refractivity contribution is -0.145. The molecule has 0 aliphatic carbocycles. The van der Waals surface area contributed by atoms with Gasteiger partial charge in [-0.3, -0.25) is 14.4 Å². The molecule has 1 saturated heterocycles. The SMILES string of the molecule is CCC(C)C(N)C(=O)NC(Cc1c[nH]c2ccccc12)C(=O)N1CCCC1C(=O)NC(Cc1c[nH]c2ccccc12)C(=O)O. The third-order valence-electron chi connectivity index (χ3n) is 8.83. The maximum absolute atomic E-state index is 14.1. The molecule has 0 bridgehead atoms. The van der Waals surface area contributed by atoms with Crippen molar-refractivity contribution >= 4 is 45.5 Å². The van der Waals surface area contributed by atoms with Crippen molar-refractivity contribution in [2.75, 3.05) is 6.54 Å². The highest BCUT2D eigenvalue weighted by molar-refractivity contribution is 5.95. The Labute approximate surface area is 255 Å². The molecule has 11 heteroatoms. The minimum atomic E-state index is -1.19. The van der Waals surface area contributed by atoms with Gasteiger partial charge in [-0.05, 0) is 42.0 Å². The molecule has 44 heavy (non-hydrogen) atoms. The highest BCUT2D eigenvalue weighted by Crippen LogP contribution is 2.24. The number of carboxylic acids is 1. The van der Waals surface area contributed by atoms with E-state index in [-0.39, 0.29) is 18.8 Å². The number of hydrogen-bond donors (Lipinski definition) is 6. The topological polar surface area (TPSA) is 173 Å². The molecule has 5 atom stereocenters. The number of amides is 3. The zero-order valence-electron chi connectivity index (χ0n) is 25.0. The summed E-state index contributed by atoms with van der Waals surface area (Å²) in [4.78, 5) is 60.9. The molecule has 1 aliphatic rings. The molecular formula is C33H40N6O5. The smallest absolute Gasteiger partial charge is 0.326 e. The second-order valence-electron chi connectivity index (χ2n) is 11.7. The molecule has 1 fully saturated rings. The zero-order chi connectivity index (χ0) is 31.4. The van der Waals surface area contributed by atoms with Gasteiger partial charge in [-0.2, -0.15) is 0 Å². The Hall–Kier alpha value is -4.64. The Morgan fingerprint density at radius 1 is 0.932 bits per heavy atom. The van der Waals surface area contributed by atoms with E-state index < -0.39 is 47.9 Å². The molecule has 3 amide bonds. The van der Waals surface area contributed by atoms with Crippen LogP contribution in [0.5, 0.6) is 0 Å². The molecule has 11 nitrogen and oxygen atoms in total. The Kier molecular flexibility index (Phi) is 9.34.